The van der Waals surface area contributed by atoms with Crippen molar-refractivity contribution < 1.29 is 15.3 Å². The van der Waals surface area contributed by atoms with Gasteiger partial charge in [-0.15, -0.1) is 0 Å². The number of nitrogens with one attached hydrogen (secondary N) is 2. The first-order valence-corrected chi connectivity index (χ1v) is 6.74. The molecule has 5 nitrogen and oxygen atoms in total. The number of aliphatic hydroxyl groups excluding tert-OH is 2. The van der Waals surface area contributed by atoms with Gasteiger partial charge in [-0.1, -0.05) is 19.9 Å². The molecule has 1 aromatic rings. The monoisotopic (exact) mass is 268 g/mol. The smallest absolute Gasteiger partial charge is 0.140 e. The molecule has 19 heavy (non-hydrogen) atoms. The third-order valence-electron chi connectivity index (χ3n) is 3.03. The van der Waals surface area contributed by atoms with Gasteiger partial charge in [0.05, 0.1) is 17.9 Å². The van der Waals surface area contributed by atoms with Gasteiger partial charge >= 0.3 is 0 Å². The van der Waals surface area contributed by atoms with Crippen LogP contribution in [-0.4, -0.2) is 40.6 Å². The first kappa shape index (κ1) is 15.6. The number of aromatic hydroxyl groups is 1. The Bertz CT molecular complexity index is 385. The average molecular weight is 268 g/mol. The van der Waals surface area contributed by atoms with Crippen LogP contribution in [0.15, 0.2) is 18.2 Å². The zero-order valence-electron chi connectivity index (χ0n) is 11.6. The Morgan fingerprint density at radius 3 is 2.16 bits per heavy atom. The lowest BCUT2D eigenvalue weighted by Crippen LogP contribution is -2.21. The van der Waals surface area contributed by atoms with E-state index in [9.17, 15) is 15.3 Å². The van der Waals surface area contributed by atoms with Gasteiger partial charge in [0.2, 0.25) is 0 Å². The van der Waals surface area contributed by atoms with Gasteiger partial charge in [0, 0.05) is 13.1 Å². The van der Waals surface area contributed by atoms with Crippen LogP contribution in [0.3, 0.4) is 0 Å². The molecular formula is C14H24N2O3. The first-order chi connectivity index (χ1) is 9.08. The largest absolute Gasteiger partial charge is 0.506 e. The van der Waals surface area contributed by atoms with Crippen LogP contribution in [0.5, 0.6) is 5.75 Å². The molecule has 0 spiro atoms. The van der Waals surface area contributed by atoms with Crippen LogP contribution in [0, 0.1) is 0 Å². The molecule has 0 aromatic heterocycles. The Balaban J connectivity index is 2.71. The van der Waals surface area contributed by atoms with E-state index in [1.807, 2.05) is 19.9 Å². The fourth-order valence-electron chi connectivity index (χ4n) is 1.61. The van der Waals surface area contributed by atoms with Crippen LogP contribution < -0.4 is 10.6 Å². The average Bonchev–Trinajstić information content (AvgIpc) is 2.43. The molecular weight excluding hydrogens is 244 g/mol. The summed E-state index contributed by atoms with van der Waals surface area (Å²) in [6.45, 7) is 4.60. The third-order valence-corrected chi connectivity index (χ3v) is 3.03. The summed E-state index contributed by atoms with van der Waals surface area (Å²) in [4.78, 5) is 0. The van der Waals surface area contributed by atoms with E-state index in [2.05, 4.69) is 10.6 Å². The number of hydrogen-bond donors (Lipinski definition) is 5. The number of anilines is 2. The van der Waals surface area contributed by atoms with Gasteiger partial charge in [-0.25, -0.2) is 0 Å². The summed E-state index contributed by atoms with van der Waals surface area (Å²) in [6, 6.07) is 5.14. The quantitative estimate of drug-likeness (QED) is 0.464. The summed E-state index contributed by atoms with van der Waals surface area (Å²) in [5, 5.41) is 35.1. The van der Waals surface area contributed by atoms with Crippen LogP contribution in [-0.2, 0) is 0 Å². The lowest BCUT2D eigenvalue weighted by Gasteiger charge is -2.18. The molecule has 1 aromatic carbocycles. The van der Waals surface area contributed by atoms with Crippen LogP contribution >= 0.6 is 0 Å². The Morgan fingerprint density at radius 1 is 1.00 bits per heavy atom. The van der Waals surface area contributed by atoms with Crippen molar-refractivity contribution in [1.82, 2.24) is 0 Å². The molecule has 0 aliphatic carbocycles. The van der Waals surface area contributed by atoms with Crippen molar-refractivity contribution in [3.63, 3.8) is 0 Å². The molecule has 0 fully saturated rings. The molecule has 5 heteroatoms. The SMILES string of the molecule is CCC(O)CNc1cccc(O)c1NCC(O)CC. The standard InChI is InChI=1S/C14H24N2O3/c1-3-10(17)8-15-12-6-5-7-13(19)14(12)16-9-11(18)4-2/h5-7,10-11,15-19H,3-4,8-9H2,1-2H3. The predicted molar refractivity (Wildman–Crippen MR) is 77.7 cm³/mol. The predicted octanol–water partition coefficient (Wildman–Crippen LogP) is 1.76. The fourth-order valence-corrected chi connectivity index (χ4v) is 1.61. The number of rotatable bonds is 8. The highest BCUT2D eigenvalue weighted by atomic mass is 16.3. The van der Waals surface area contributed by atoms with Crippen LogP contribution in [0.2, 0.25) is 0 Å². The van der Waals surface area contributed by atoms with E-state index in [1.165, 1.54) is 0 Å². The van der Waals surface area contributed by atoms with E-state index in [1.54, 1.807) is 12.1 Å². The molecule has 0 radical (unpaired) electrons. The molecule has 0 saturated carbocycles. The zero-order chi connectivity index (χ0) is 14.3. The number of hydrogen-bond acceptors (Lipinski definition) is 5. The molecule has 0 bridgehead atoms. The van der Waals surface area contributed by atoms with E-state index in [0.717, 1.165) is 5.69 Å². The van der Waals surface area contributed by atoms with Crippen molar-refractivity contribution in [2.45, 2.75) is 38.9 Å². The van der Waals surface area contributed by atoms with Crippen LogP contribution in [0.1, 0.15) is 26.7 Å². The molecule has 5 N–H and O–H groups in total. The third kappa shape index (κ3) is 4.96. The lowest BCUT2D eigenvalue weighted by molar-refractivity contribution is 0.182. The zero-order valence-corrected chi connectivity index (χ0v) is 11.6. The van der Waals surface area contributed by atoms with Gasteiger partial charge in [-0.05, 0) is 25.0 Å². The van der Waals surface area contributed by atoms with Crippen molar-refractivity contribution in [3.05, 3.63) is 18.2 Å². The first-order valence-electron chi connectivity index (χ1n) is 6.74. The minimum Gasteiger partial charge on any atom is -0.506 e. The molecule has 0 heterocycles. The molecule has 1 rings (SSSR count). The van der Waals surface area contributed by atoms with E-state index in [0.29, 0.717) is 31.6 Å². The second-order valence-corrected chi connectivity index (χ2v) is 4.59. The van der Waals surface area contributed by atoms with Gasteiger partial charge in [0.15, 0.2) is 0 Å². The summed E-state index contributed by atoms with van der Waals surface area (Å²) in [5.41, 5.74) is 1.27. The normalized spacial score (nSPS) is 13.9. The van der Waals surface area contributed by atoms with E-state index in [4.69, 9.17) is 0 Å². The number of phenolic OH excluding ortho intramolecular Hbond substituents is 1. The molecule has 108 valence electrons. The highest BCUT2D eigenvalue weighted by molar-refractivity contribution is 5.75. The summed E-state index contributed by atoms with van der Waals surface area (Å²) in [5.74, 6) is 0.124. The second-order valence-electron chi connectivity index (χ2n) is 4.59. The van der Waals surface area contributed by atoms with Gasteiger partial charge < -0.3 is 26.0 Å². The Hall–Kier alpha value is -1.46. The summed E-state index contributed by atoms with van der Waals surface area (Å²) in [7, 11) is 0. The molecule has 0 saturated heterocycles. The maximum atomic E-state index is 9.85. The number of phenols is 1. The lowest BCUT2D eigenvalue weighted by atomic mass is 10.2. The molecule has 0 amide bonds. The highest BCUT2D eigenvalue weighted by Gasteiger charge is 2.10. The summed E-state index contributed by atoms with van der Waals surface area (Å²) < 4.78 is 0. The molecule has 2 atom stereocenters. The summed E-state index contributed by atoms with van der Waals surface area (Å²) >= 11 is 0. The maximum absolute atomic E-state index is 9.85. The van der Waals surface area contributed by atoms with E-state index in [-0.39, 0.29) is 5.75 Å². The van der Waals surface area contributed by atoms with Crippen molar-refractivity contribution in [2.75, 3.05) is 23.7 Å². The van der Waals surface area contributed by atoms with Gasteiger partial charge in [-0.2, -0.15) is 0 Å². The van der Waals surface area contributed by atoms with Crippen LogP contribution in [0.25, 0.3) is 0 Å². The Labute approximate surface area is 114 Å². The molecule has 2 unspecified atom stereocenters. The topological polar surface area (TPSA) is 84.8 Å². The van der Waals surface area contributed by atoms with Crippen molar-refractivity contribution >= 4 is 11.4 Å². The maximum Gasteiger partial charge on any atom is 0.140 e. The van der Waals surface area contributed by atoms with E-state index >= 15 is 0 Å². The van der Waals surface area contributed by atoms with Gasteiger partial charge in [0.1, 0.15) is 11.4 Å². The summed E-state index contributed by atoms with van der Waals surface area (Å²) in [6.07, 6.45) is 0.450. The van der Waals surface area contributed by atoms with Crippen molar-refractivity contribution in [3.8, 4) is 5.75 Å². The molecule has 0 aliphatic heterocycles. The molecule has 0 aliphatic rings. The minimum absolute atomic E-state index is 0.124. The van der Waals surface area contributed by atoms with E-state index < -0.39 is 12.2 Å². The second kappa shape index (κ2) is 7.86. The van der Waals surface area contributed by atoms with Crippen LogP contribution in [0.4, 0.5) is 11.4 Å². The minimum atomic E-state index is -0.450. The highest BCUT2D eigenvalue weighted by Crippen LogP contribution is 2.31. The number of aliphatic hydroxyl groups is 2. The number of benzene rings is 1. The Morgan fingerprint density at radius 2 is 1.58 bits per heavy atom. The van der Waals surface area contributed by atoms with Gasteiger partial charge in [0.25, 0.3) is 0 Å². The van der Waals surface area contributed by atoms with Crippen molar-refractivity contribution in [2.24, 2.45) is 0 Å². The van der Waals surface area contributed by atoms with Gasteiger partial charge in [-0.3, -0.25) is 0 Å². The number of para-hydroxylation sites is 1. The Kier molecular flexibility index (Phi) is 6.45. The fraction of sp³-hybridized carbons (Fsp3) is 0.571. The van der Waals surface area contributed by atoms with Crippen molar-refractivity contribution in [1.29, 1.82) is 0 Å².